The molecule has 2 rings (SSSR count). The summed E-state index contributed by atoms with van der Waals surface area (Å²) in [6.07, 6.45) is 0. The molecule has 0 heterocycles. The molecule has 0 saturated heterocycles. The van der Waals surface area contributed by atoms with Crippen molar-refractivity contribution in [2.75, 3.05) is 5.32 Å². The molecule has 3 amide bonds. The molecule has 2 aromatic rings. The topological polar surface area (TPSA) is 144 Å². The fraction of sp³-hybridized carbons (Fsp3) is 0.0667. The van der Waals surface area contributed by atoms with Crippen LogP contribution in [0.5, 0.6) is 0 Å². The molecule has 0 saturated carbocycles. The molecule has 0 radical (unpaired) electrons. The van der Waals surface area contributed by atoms with E-state index in [4.69, 9.17) is 10.9 Å². The average molecular weight is 348 g/mol. The van der Waals surface area contributed by atoms with Crippen LogP contribution in [0.2, 0.25) is 0 Å². The van der Waals surface area contributed by atoms with Crippen LogP contribution >= 0.6 is 0 Å². The first-order valence-corrected chi connectivity index (χ1v) is 8.36. The number of hydrogen-bond acceptors (Lipinski definition) is 4. The van der Waals surface area contributed by atoms with E-state index in [1.165, 1.54) is 24.3 Å². The van der Waals surface area contributed by atoms with E-state index in [0.717, 1.165) is 0 Å². The van der Waals surface area contributed by atoms with Gasteiger partial charge in [0.2, 0.25) is 15.9 Å². The Labute approximate surface area is 138 Å². The minimum absolute atomic E-state index is 0.0762. The van der Waals surface area contributed by atoms with Crippen LogP contribution < -0.4 is 21.5 Å². The molecule has 0 aliphatic carbocycles. The Kier molecular flexibility index (Phi) is 5.17. The summed E-state index contributed by atoms with van der Waals surface area (Å²) in [5.74, 6) is -0.707. The lowest BCUT2D eigenvalue weighted by Gasteiger charge is -2.16. The molecule has 0 unspecified atom stereocenters. The predicted molar refractivity (Wildman–Crippen MR) is 88.3 cm³/mol. The van der Waals surface area contributed by atoms with Gasteiger partial charge >= 0.3 is 6.03 Å². The van der Waals surface area contributed by atoms with Gasteiger partial charge in [-0.3, -0.25) is 4.79 Å². The summed E-state index contributed by atoms with van der Waals surface area (Å²) >= 11 is 0. The van der Waals surface area contributed by atoms with Gasteiger partial charge in [0.25, 0.3) is 0 Å². The van der Waals surface area contributed by atoms with Gasteiger partial charge in [0.1, 0.15) is 6.04 Å². The second-order valence-electron chi connectivity index (χ2n) is 4.91. The molecular weight excluding hydrogens is 332 g/mol. The number of nitrogens with one attached hydrogen (secondary N) is 2. The molecule has 0 aliphatic heterocycles. The van der Waals surface area contributed by atoms with E-state index >= 15 is 0 Å². The summed E-state index contributed by atoms with van der Waals surface area (Å²) in [6.45, 7) is 0. The highest BCUT2D eigenvalue weighted by atomic mass is 32.2. The van der Waals surface area contributed by atoms with Crippen LogP contribution in [0.25, 0.3) is 0 Å². The molecule has 9 heteroatoms. The van der Waals surface area contributed by atoms with Crippen LogP contribution in [-0.2, 0) is 14.8 Å². The molecule has 0 bridgehead atoms. The third-order valence-electron chi connectivity index (χ3n) is 3.13. The molecule has 0 fully saturated rings. The van der Waals surface area contributed by atoms with Crippen molar-refractivity contribution < 1.29 is 18.0 Å². The van der Waals surface area contributed by atoms with E-state index in [0.29, 0.717) is 11.3 Å². The largest absolute Gasteiger partial charge is 0.368 e. The lowest BCUT2D eigenvalue weighted by Crippen LogP contribution is -2.39. The Morgan fingerprint density at radius 3 is 2.04 bits per heavy atom. The number of sulfonamides is 1. The zero-order valence-corrected chi connectivity index (χ0v) is 13.3. The number of benzene rings is 2. The zero-order chi connectivity index (χ0) is 17.7. The third kappa shape index (κ3) is 4.54. The summed E-state index contributed by atoms with van der Waals surface area (Å²) in [6, 6.07) is 12.2. The van der Waals surface area contributed by atoms with Crippen molar-refractivity contribution in [1.82, 2.24) is 5.32 Å². The molecule has 2 aromatic carbocycles. The molecular formula is C15H16N4O4S. The van der Waals surface area contributed by atoms with Gasteiger partial charge in [0.15, 0.2) is 0 Å². The molecule has 1 atom stereocenters. The van der Waals surface area contributed by atoms with Crippen molar-refractivity contribution in [3.8, 4) is 0 Å². The number of carbonyl (C=O) groups excluding carboxylic acids is 2. The standard InChI is InChI=1S/C15H16N4O4S/c16-14(20)13(10-4-2-1-3-5-10)19-15(21)18-11-6-8-12(9-7-11)24(17,22)23/h1-9,13H,(H2,16,20)(H2,17,22,23)(H2,18,19,21)/t13-/m0/s1. The van der Waals surface area contributed by atoms with Crippen molar-refractivity contribution in [2.45, 2.75) is 10.9 Å². The lowest BCUT2D eigenvalue weighted by atomic mass is 10.1. The Bertz CT molecular complexity index is 836. The normalized spacial score (nSPS) is 12.2. The van der Waals surface area contributed by atoms with Gasteiger partial charge in [-0.15, -0.1) is 0 Å². The number of urea groups is 1. The quantitative estimate of drug-likeness (QED) is 0.629. The molecule has 24 heavy (non-hydrogen) atoms. The first kappa shape index (κ1) is 17.4. The van der Waals surface area contributed by atoms with Crippen molar-refractivity contribution in [3.05, 3.63) is 60.2 Å². The SMILES string of the molecule is NC(=O)[C@@H](NC(=O)Nc1ccc(S(N)(=O)=O)cc1)c1ccccc1. The van der Waals surface area contributed by atoms with Gasteiger partial charge in [-0.25, -0.2) is 18.4 Å². The maximum absolute atomic E-state index is 12.0. The Balaban J connectivity index is 2.08. The van der Waals surface area contributed by atoms with Crippen LogP contribution in [0.3, 0.4) is 0 Å². The lowest BCUT2D eigenvalue weighted by molar-refractivity contribution is -0.119. The molecule has 0 spiro atoms. The molecule has 8 nitrogen and oxygen atoms in total. The van der Waals surface area contributed by atoms with E-state index in [9.17, 15) is 18.0 Å². The van der Waals surface area contributed by atoms with Gasteiger partial charge in [-0.05, 0) is 29.8 Å². The summed E-state index contributed by atoms with van der Waals surface area (Å²) in [5.41, 5.74) is 6.19. The van der Waals surface area contributed by atoms with Gasteiger partial charge in [-0.1, -0.05) is 30.3 Å². The van der Waals surface area contributed by atoms with Gasteiger partial charge in [-0.2, -0.15) is 0 Å². The van der Waals surface area contributed by atoms with E-state index in [2.05, 4.69) is 10.6 Å². The maximum atomic E-state index is 12.0. The first-order chi connectivity index (χ1) is 11.3. The minimum atomic E-state index is -3.80. The number of carbonyl (C=O) groups is 2. The van der Waals surface area contributed by atoms with Crippen molar-refractivity contribution in [2.24, 2.45) is 10.9 Å². The van der Waals surface area contributed by atoms with E-state index in [1.807, 2.05) is 0 Å². The number of anilines is 1. The average Bonchev–Trinajstić information content (AvgIpc) is 2.53. The first-order valence-electron chi connectivity index (χ1n) is 6.82. The highest BCUT2D eigenvalue weighted by molar-refractivity contribution is 7.89. The van der Waals surface area contributed by atoms with Gasteiger partial charge < -0.3 is 16.4 Å². The highest BCUT2D eigenvalue weighted by Gasteiger charge is 2.20. The van der Waals surface area contributed by atoms with Crippen molar-refractivity contribution in [3.63, 3.8) is 0 Å². The van der Waals surface area contributed by atoms with E-state index < -0.39 is 28.0 Å². The molecule has 0 aromatic heterocycles. The number of amides is 3. The summed E-state index contributed by atoms with van der Waals surface area (Å²) in [5, 5.41) is 9.93. The monoisotopic (exact) mass is 348 g/mol. The van der Waals surface area contributed by atoms with Crippen LogP contribution in [0.4, 0.5) is 10.5 Å². The number of primary amides is 1. The fourth-order valence-corrected chi connectivity index (χ4v) is 2.51. The van der Waals surface area contributed by atoms with Crippen LogP contribution in [0.1, 0.15) is 11.6 Å². The number of rotatable bonds is 5. The third-order valence-corrected chi connectivity index (χ3v) is 4.06. The minimum Gasteiger partial charge on any atom is -0.368 e. The van der Waals surface area contributed by atoms with E-state index in [-0.39, 0.29) is 4.90 Å². The van der Waals surface area contributed by atoms with Crippen LogP contribution in [0, 0.1) is 0 Å². The molecule has 126 valence electrons. The second kappa shape index (κ2) is 7.11. The van der Waals surface area contributed by atoms with Crippen LogP contribution in [0.15, 0.2) is 59.5 Å². The number of primary sulfonamides is 1. The maximum Gasteiger partial charge on any atom is 0.320 e. The molecule has 0 aliphatic rings. The predicted octanol–water partition coefficient (Wildman–Crippen LogP) is 0.682. The summed E-state index contributed by atoms with van der Waals surface area (Å²) < 4.78 is 22.3. The fourth-order valence-electron chi connectivity index (χ4n) is 1.99. The van der Waals surface area contributed by atoms with Gasteiger partial charge in [0, 0.05) is 5.69 Å². The highest BCUT2D eigenvalue weighted by Crippen LogP contribution is 2.14. The van der Waals surface area contributed by atoms with Crippen LogP contribution in [-0.4, -0.2) is 20.4 Å². The summed E-state index contributed by atoms with van der Waals surface area (Å²) in [4.78, 5) is 23.5. The number of nitrogens with two attached hydrogens (primary N) is 2. The second-order valence-corrected chi connectivity index (χ2v) is 6.48. The van der Waals surface area contributed by atoms with Crippen molar-refractivity contribution >= 4 is 27.6 Å². The molecule has 6 N–H and O–H groups in total. The van der Waals surface area contributed by atoms with Gasteiger partial charge in [0.05, 0.1) is 4.90 Å². The Morgan fingerprint density at radius 1 is 0.958 bits per heavy atom. The Morgan fingerprint density at radius 2 is 1.54 bits per heavy atom. The smallest absolute Gasteiger partial charge is 0.320 e. The number of hydrogen-bond donors (Lipinski definition) is 4. The Hall–Kier alpha value is -2.91. The summed E-state index contributed by atoms with van der Waals surface area (Å²) in [7, 11) is -3.80. The van der Waals surface area contributed by atoms with E-state index in [1.54, 1.807) is 30.3 Å². The van der Waals surface area contributed by atoms with Crippen molar-refractivity contribution in [1.29, 1.82) is 0 Å². The zero-order valence-electron chi connectivity index (χ0n) is 12.5.